The Bertz CT molecular complexity index is 1830. The van der Waals surface area contributed by atoms with E-state index < -0.39 is 90.8 Å². The van der Waals surface area contributed by atoms with Crippen molar-refractivity contribution in [3.63, 3.8) is 0 Å². The highest BCUT2D eigenvalue weighted by Crippen LogP contribution is 2.20. The van der Waals surface area contributed by atoms with Crippen LogP contribution in [-0.4, -0.2) is 105 Å². The molecule has 6 atom stereocenters. The van der Waals surface area contributed by atoms with Crippen LogP contribution >= 0.6 is 0 Å². The first-order valence-electron chi connectivity index (χ1n) is 18.4. The Labute approximate surface area is 324 Å². The highest BCUT2D eigenvalue weighted by atomic mass is 16.4. The first-order chi connectivity index (χ1) is 26.5. The van der Waals surface area contributed by atoms with Crippen molar-refractivity contribution in [2.75, 3.05) is 6.61 Å². The molecule has 5 amide bonds. The van der Waals surface area contributed by atoms with Crippen molar-refractivity contribution < 1.29 is 48.9 Å². The molecule has 0 fully saturated rings. The van der Waals surface area contributed by atoms with Crippen LogP contribution in [0.3, 0.4) is 0 Å². The molecular formula is C39H53N7O10. The lowest BCUT2D eigenvalue weighted by atomic mass is 10.0. The predicted octanol–water partition coefficient (Wildman–Crippen LogP) is 0.348. The van der Waals surface area contributed by atoms with Crippen LogP contribution in [0.4, 0.5) is 0 Å². The van der Waals surface area contributed by atoms with E-state index in [0.717, 1.165) is 10.9 Å². The number of hydrogen-bond acceptors (Lipinski definition) is 9. The van der Waals surface area contributed by atoms with Crippen molar-refractivity contribution >= 4 is 52.4 Å². The molecule has 11 N–H and O–H groups in total. The molecule has 0 aliphatic heterocycles. The number of para-hydroxylation sites is 1. The smallest absolute Gasteiger partial charge is 0.326 e. The van der Waals surface area contributed by atoms with Crippen molar-refractivity contribution in [3.8, 4) is 0 Å². The lowest BCUT2D eigenvalue weighted by molar-refractivity contribution is -0.143. The van der Waals surface area contributed by atoms with Crippen LogP contribution in [0.25, 0.3) is 10.9 Å². The summed E-state index contributed by atoms with van der Waals surface area (Å²) in [6.45, 7) is 6.31. The molecule has 1 aromatic heterocycles. The molecule has 56 heavy (non-hydrogen) atoms. The molecule has 6 unspecified atom stereocenters. The van der Waals surface area contributed by atoms with E-state index >= 15 is 0 Å². The number of fused-ring (bicyclic) bond motifs is 1. The Morgan fingerprint density at radius 2 is 1.12 bits per heavy atom. The summed E-state index contributed by atoms with van der Waals surface area (Å²) in [4.78, 5) is 94.2. The quantitative estimate of drug-likeness (QED) is 0.0664. The Balaban J connectivity index is 1.87. The van der Waals surface area contributed by atoms with E-state index in [0.29, 0.717) is 11.1 Å². The zero-order chi connectivity index (χ0) is 41.5. The van der Waals surface area contributed by atoms with Gasteiger partial charge >= 0.3 is 11.9 Å². The number of aromatic amines is 1. The number of amides is 5. The highest BCUT2D eigenvalue weighted by molar-refractivity contribution is 5.97. The van der Waals surface area contributed by atoms with Gasteiger partial charge in [0.1, 0.15) is 30.2 Å². The minimum Gasteiger partial charge on any atom is -0.481 e. The molecule has 2 aromatic carbocycles. The van der Waals surface area contributed by atoms with E-state index in [1.165, 1.54) is 0 Å². The molecule has 0 radical (unpaired) electrons. The third kappa shape index (κ3) is 13.8. The predicted molar refractivity (Wildman–Crippen MR) is 206 cm³/mol. The van der Waals surface area contributed by atoms with Gasteiger partial charge in [-0.2, -0.15) is 0 Å². The van der Waals surface area contributed by atoms with Crippen molar-refractivity contribution in [2.24, 2.45) is 17.6 Å². The largest absolute Gasteiger partial charge is 0.481 e. The van der Waals surface area contributed by atoms with Crippen LogP contribution in [0.1, 0.15) is 58.1 Å². The van der Waals surface area contributed by atoms with Crippen molar-refractivity contribution in [1.82, 2.24) is 31.6 Å². The Morgan fingerprint density at radius 3 is 1.70 bits per heavy atom. The topological polar surface area (TPSA) is 282 Å². The van der Waals surface area contributed by atoms with Crippen LogP contribution in [0.2, 0.25) is 0 Å². The van der Waals surface area contributed by atoms with Crippen LogP contribution in [0.5, 0.6) is 0 Å². The molecule has 0 bridgehead atoms. The van der Waals surface area contributed by atoms with Crippen LogP contribution in [0, 0.1) is 11.8 Å². The monoisotopic (exact) mass is 779 g/mol. The van der Waals surface area contributed by atoms with Gasteiger partial charge in [0.05, 0.1) is 19.1 Å². The van der Waals surface area contributed by atoms with E-state index in [9.17, 15) is 48.9 Å². The number of aliphatic carboxylic acids is 2. The van der Waals surface area contributed by atoms with Crippen LogP contribution in [0.15, 0.2) is 60.8 Å². The molecule has 0 aliphatic carbocycles. The number of aromatic nitrogens is 1. The standard InChI is InChI=1S/C39H53N7O10/c1-21(2)14-26(40)34(50)42-30(18-33(48)49)37(53)43-28(16-23-10-6-5-7-11-23)35(51)46-32(20-47)38(54)44-29(36(52)45-31(39(55)56)15-22(3)4)17-24-19-41-27-13-9-8-12-25(24)27/h5-13,19,21-22,26,28-32,41,47H,14-18,20,40H2,1-4H3,(H,42,50)(H,43,53)(H,44,54)(H,45,52)(H,46,51)(H,48,49)(H,55,56). The van der Waals surface area contributed by atoms with Gasteiger partial charge in [-0.25, -0.2) is 4.79 Å². The molecule has 0 saturated heterocycles. The number of carbonyl (C=O) groups is 7. The van der Waals surface area contributed by atoms with E-state index in [1.807, 2.05) is 26.0 Å². The molecule has 0 saturated carbocycles. The summed E-state index contributed by atoms with van der Waals surface area (Å²) in [5, 5.41) is 42.6. The highest BCUT2D eigenvalue weighted by Gasteiger charge is 2.34. The number of nitrogens with two attached hydrogens (primary N) is 1. The molecule has 17 heteroatoms. The summed E-state index contributed by atoms with van der Waals surface area (Å²) in [6.07, 6.45) is 0.968. The molecule has 0 aliphatic rings. The van der Waals surface area contributed by atoms with Crippen LogP contribution in [-0.2, 0) is 46.4 Å². The van der Waals surface area contributed by atoms with Gasteiger partial charge < -0.3 is 52.6 Å². The number of rotatable bonds is 22. The Hall–Kier alpha value is -5.81. The number of aliphatic hydroxyl groups is 1. The molecule has 3 rings (SSSR count). The van der Waals surface area contributed by atoms with Gasteiger partial charge in [-0.1, -0.05) is 76.2 Å². The first-order valence-corrected chi connectivity index (χ1v) is 18.4. The third-order valence-corrected chi connectivity index (χ3v) is 8.86. The lowest BCUT2D eigenvalue weighted by Gasteiger charge is -2.26. The van der Waals surface area contributed by atoms with Crippen molar-refractivity contribution in [3.05, 3.63) is 71.9 Å². The maximum atomic E-state index is 13.8. The number of carboxylic acids is 2. The first kappa shape index (κ1) is 44.6. The summed E-state index contributed by atoms with van der Waals surface area (Å²) in [6, 6.07) is 7.30. The zero-order valence-corrected chi connectivity index (χ0v) is 31.9. The van der Waals surface area contributed by atoms with E-state index in [4.69, 9.17) is 5.73 Å². The average Bonchev–Trinajstić information content (AvgIpc) is 3.54. The van der Waals surface area contributed by atoms with E-state index in [2.05, 4.69) is 31.6 Å². The number of carbonyl (C=O) groups excluding carboxylic acids is 5. The molecule has 3 aromatic rings. The average molecular weight is 780 g/mol. The van der Waals surface area contributed by atoms with E-state index in [1.54, 1.807) is 62.5 Å². The Morgan fingerprint density at radius 1 is 0.625 bits per heavy atom. The van der Waals surface area contributed by atoms with Gasteiger partial charge in [0, 0.05) is 29.9 Å². The van der Waals surface area contributed by atoms with Crippen molar-refractivity contribution in [1.29, 1.82) is 0 Å². The molecule has 17 nitrogen and oxygen atoms in total. The minimum atomic E-state index is -1.66. The molecule has 0 spiro atoms. The molecular weight excluding hydrogens is 726 g/mol. The van der Waals surface area contributed by atoms with Gasteiger partial charge in [-0.05, 0) is 41.9 Å². The second-order valence-electron chi connectivity index (χ2n) is 14.5. The summed E-state index contributed by atoms with van der Waals surface area (Å²) >= 11 is 0. The number of nitrogens with one attached hydrogen (secondary N) is 6. The molecule has 1 heterocycles. The summed E-state index contributed by atoms with van der Waals surface area (Å²) in [5.74, 6) is -7.25. The fourth-order valence-electron chi connectivity index (χ4n) is 6.04. The maximum absolute atomic E-state index is 13.8. The SMILES string of the molecule is CC(C)CC(N)C(=O)NC(CC(=O)O)C(=O)NC(Cc1ccccc1)C(=O)NC(CO)C(=O)NC(Cc1c[nH]c2ccccc12)C(=O)NC(CC(C)C)C(=O)O. The normalized spacial score (nSPS) is 14.5. The number of benzene rings is 2. The van der Waals surface area contributed by atoms with Gasteiger partial charge in [-0.15, -0.1) is 0 Å². The van der Waals surface area contributed by atoms with Gasteiger partial charge in [0.25, 0.3) is 0 Å². The fraction of sp³-hybridized carbons (Fsp3) is 0.462. The fourth-order valence-corrected chi connectivity index (χ4v) is 6.04. The van der Waals surface area contributed by atoms with Gasteiger partial charge in [0.15, 0.2) is 0 Å². The summed E-state index contributed by atoms with van der Waals surface area (Å²) in [5.41, 5.74) is 7.90. The van der Waals surface area contributed by atoms with Crippen molar-refractivity contribution in [2.45, 2.75) is 96.1 Å². The number of hydrogen-bond donors (Lipinski definition) is 10. The number of carboxylic acid groups (broad SMARTS) is 2. The lowest BCUT2D eigenvalue weighted by Crippen LogP contribution is -2.60. The van der Waals surface area contributed by atoms with Gasteiger partial charge in [-0.3, -0.25) is 28.8 Å². The Kier molecular flexibility index (Phi) is 17.0. The maximum Gasteiger partial charge on any atom is 0.326 e. The molecule has 304 valence electrons. The zero-order valence-electron chi connectivity index (χ0n) is 31.9. The number of H-pyrrole nitrogens is 1. The van der Waals surface area contributed by atoms with E-state index in [-0.39, 0.29) is 37.5 Å². The summed E-state index contributed by atoms with van der Waals surface area (Å²) in [7, 11) is 0. The third-order valence-electron chi connectivity index (χ3n) is 8.86. The second kappa shape index (κ2) is 21.3. The minimum absolute atomic E-state index is 0.0304. The number of aliphatic hydroxyl groups excluding tert-OH is 1. The summed E-state index contributed by atoms with van der Waals surface area (Å²) < 4.78 is 0. The second-order valence-corrected chi connectivity index (χ2v) is 14.5. The van der Waals surface area contributed by atoms with Gasteiger partial charge in [0.2, 0.25) is 29.5 Å². The van der Waals surface area contributed by atoms with Crippen LogP contribution < -0.4 is 32.3 Å².